The number of hydrogen-bond acceptors (Lipinski definition) is 6. The summed E-state index contributed by atoms with van der Waals surface area (Å²) in [5, 5.41) is 3.17. The minimum Gasteiger partial charge on any atom is -0.495 e. The van der Waals surface area contributed by atoms with Crippen LogP contribution >= 0.6 is 11.6 Å². The van der Waals surface area contributed by atoms with Crippen molar-refractivity contribution in [3.8, 4) is 5.75 Å². The molecule has 2 heterocycles. The maximum Gasteiger partial charge on any atom is 0.265 e. The van der Waals surface area contributed by atoms with Crippen LogP contribution in [0.3, 0.4) is 0 Å². The van der Waals surface area contributed by atoms with Crippen molar-refractivity contribution in [1.82, 2.24) is 14.5 Å². The summed E-state index contributed by atoms with van der Waals surface area (Å²) < 4.78 is 11.9. The van der Waals surface area contributed by atoms with E-state index in [0.717, 1.165) is 0 Å². The Balaban J connectivity index is 1.83. The van der Waals surface area contributed by atoms with Gasteiger partial charge in [0.1, 0.15) is 23.2 Å². The molecule has 0 unspecified atom stereocenters. The number of ether oxygens (including phenoxy) is 1. The van der Waals surface area contributed by atoms with Gasteiger partial charge in [0.2, 0.25) is 11.6 Å². The molecule has 0 radical (unpaired) electrons. The number of fused-ring (bicyclic) bond motifs is 1. The zero-order chi connectivity index (χ0) is 21.3. The third-order valence-corrected chi connectivity index (χ3v) is 4.56. The first-order valence-electron chi connectivity index (χ1n) is 8.56. The molecule has 0 saturated heterocycles. The van der Waals surface area contributed by atoms with Gasteiger partial charge in [0.25, 0.3) is 11.5 Å². The number of benzene rings is 1. The molecule has 10 heteroatoms. The van der Waals surface area contributed by atoms with Crippen LogP contribution in [0.2, 0.25) is 5.02 Å². The average molecular weight is 419 g/mol. The van der Waals surface area contributed by atoms with E-state index >= 15 is 0 Å². The van der Waals surface area contributed by atoms with E-state index in [-0.39, 0.29) is 29.0 Å². The van der Waals surface area contributed by atoms with Gasteiger partial charge in [-0.3, -0.25) is 14.4 Å². The van der Waals surface area contributed by atoms with Crippen LogP contribution in [-0.4, -0.2) is 47.0 Å². The van der Waals surface area contributed by atoms with E-state index in [4.69, 9.17) is 20.8 Å². The lowest BCUT2D eigenvalue weighted by atomic mass is 10.1. The predicted molar refractivity (Wildman–Crippen MR) is 108 cm³/mol. The maximum absolute atomic E-state index is 12.9. The van der Waals surface area contributed by atoms with Crippen LogP contribution in [-0.2, 0) is 11.8 Å². The molecule has 0 bridgehead atoms. The molecule has 0 aliphatic rings. The van der Waals surface area contributed by atoms with Crippen LogP contribution in [0.4, 0.5) is 5.69 Å². The van der Waals surface area contributed by atoms with E-state index in [1.54, 1.807) is 25.1 Å². The molecular formula is C19H19ClN4O5. The van der Waals surface area contributed by atoms with Gasteiger partial charge in [0.15, 0.2) is 0 Å². The number of carbonyl (C=O) groups excluding carboxylic acids is 2. The van der Waals surface area contributed by atoms with Crippen LogP contribution in [0.25, 0.3) is 11.1 Å². The summed E-state index contributed by atoms with van der Waals surface area (Å²) in [6.45, 7) is 1.31. The van der Waals surface area contributed by atoms with Gasteiger partial charge in [0, 0.05) is 19.1 Å². The van der Waals surface area contributed by atoms with Gasteiger partial charge in [-0.1, -0.05) is 11.6 Å². The van der Waals surface area contributed by atoms with Crippen molar-refractivity contribution < 1.29 is 18.7 Å². The van der Waals surface area contributed by atoms with Crippen LogP contribution < -0.4 is 15.6 Å². The van der Waals surface area contributed by atoms with Crippen LogP contribution in [0, 0.1) is 6.92 Å². The highest BCUT2D eigenvalue weighted by Gasteiger charge is 2.26. The molecule has 0 spiro atoms. The van der Waals surface area contributed by atoms with E-state index in [2.05, 4.69) is 10.3 Å². The molecule has 1 N–H and O–H groups in total. The van der Waals surface area contributed by atoms with Crippen molar-refractivity contribution in [3.63, 3.8) is 0 Å². The highest BCUT2D eigenvalue weighted by Crippen LogP contribution is 2.27. The first-order chi connectivity index (χ1) is 13.7. The van der Waals surface area contributed by atoms with Crippen molar-refractivity contribution in [2.45, 2.75) is 6.92 Å². The fraction of sp³-hybridized carbons (Fsp3) is 0.263. The fourth-order valence-electron chi connectivity index (χ4n) is 2.89. The Hall–Kier alpha value is -3.33. The van der Waals surface area contributed by atoms with Crippen LogP contribution in [0.5, 0.6) is 5.75 Å². The van der Waals surface area contributed by atoms with E-state index in [9.17, 15) is 14.4 Å². The van der Waals surface area contributed by atoms with Crippen LogP contribution in [0.15, 0.2) is 33.7 Å². The number of aromatic nitrogens is 2. The van der Waals surface area contributed by atoms with Gasteiger partial charge in [-0.15, -0.1) is 0 Å². The number of amides is 2. The van der Waals surface area contributed by atoms with Crippen molar-refractivity contribution in [3.05, 3.63) is 51.2 Å². The van der Waals surface area contributed by atoms with E-state index in [0.29, 0.717) is 16.5 Å². The molecule has 0 aliphatic carbocycles. The quantitative estimate of drug-likeness (QED) is 0.680. The number of halogens is 1. The molecule has 29 heavy (non-hydrogen) atoms. The zero-order valence-corrected chi connectivity index (χ0v) is 17.0. The van der Waals surface area contributed by atoms with Crippen molar-refractivity contribution in [1.29, 1.82) is 0 Å². The van der Waals surface area contributed by atoms with Gasteiger partial charge >= 0.3 is 0 Å². The van der Waals surface area contributed by atoms with Gasteiger partial charge in [0.05, 0.1) is 24.9 Å². The van der Waals surface area contributed by atoms with E-state index < -0.39 is 17.4 Å². The number of hydrogen-bond donors (Lipinski definition) is 1. The fourth-order valence-corrected chi connectivity index (χ4v) is 3.06. The Morgan fingerprint density at radius 3 is 2.79 bits per heavy atom. The van der Waals surface area contributed by atoms with Gasteiger partial charge < -0.3 is 23.9 Å². The van der Waals surface area contributed by atoms with Crippen molar-refractivity contribution >= 4 is 40.2 Å². The van der Waals surface area contributed by atoms with Crippen LogP contribution in [0.1, 0.15) is 16.1 Å². The maximum atomic E-state index is 12.9. The number of anilines is 1. The molecular weight excluding hydrogens is 400 g/mol. The third kappa shape index (κ3) is 3.95. The number of nitrogens with one attached hydrogen (secondary N) is 1. The molecule has 1 aromatic carbocycles. The Morgan fingerprint density at radius 2 is 2.10 bits per heavy atom. The molecule has 0 aliphatic heterocycles. The molecule has 152 valence electrons. The summed E-state index contributed by atoms with van der Waals surface area (Å²) in [6, 6.07) is 4.80. The highest BCUT2D eigenvalue weighted by atomic mass is 35.5. The summed E-state index contributed by atoms with van der Waals surface area (Å²) >= 11 is 5.96. The number of nitrogens with zero attached hydrogens (tertiary/aromatic N) is 3. The smallest absolute Gasteiger partial charge is 0.265 e. The predicted octanol–water partition coefficient (Wildman–Crippen LogP) is 2.21. The number of furan rings is 1. The molecule has 0 atom stereocenters. The zero-order valence-electron chi connectivity index (χ0n) is 16.3. The highest BCUT2D eigenvalue weighted by molar-refractivity contribution is 6.31. The molecule has 0 fully saturated rings. The Morgan fingerprint density at radius 1 is 1.38 bits per heavy atom. The number of rotatable bonds is 5. The average Bonchev–Trinajstić information content (AvgIpc) is 3.01. The molecule has 0 saturated carbocycles. The number of methoxy groups -OCH3 is 1. The van der Waals surface area contributed by atoms with Crippen molar-refractivity contribution in [2.75, 3.05) is 26.0 Å². The van der Waals surface area contributed by atoms with Crippen molar-refractivity contribution in [2.24, 2.45) is 7.05 Å². The minimum absolute atomic E-state index is 0.0791. The first kappa shape index (κ1) is 20.4. The Labute approximate surface area is 170 Å². The lowest BCUT2D eigenvalue weighted by molar-refractivity contribution is -0.116. The largest absolute Gasteiger partial charge is 0.495 e. The van der Waals surface area contributed by atoms with Gasteiger partial charge in [-0.25, -0.2) is 4.98 Å². The molecule has 3 aromatic rings. The number of likely N-dealkylation sites (N-methyl/N-ethyl adjacent to an activating group) is 1. The van der Waals surface area contributed by atoms with Gasteiger partial charge in [-0.2, -0.15) is 0 Å². The third-order valence-electron chi connectivity index (χ3n) is 4.33. The topological polar surface area (TPSA) is 107 Å². The monoisotopic (exact) mass is 418 g/mol. The minimum atomic E-state index is -0.528. The number of carbonyl (C=O) groups is 2. The summed E-state index contributed by atoms with van der Waals surface area (Å²) in [5.74, 6) is -0.301. The SMILES string of the molecule is COc1ccc(Cl)cc1NC(=O)CN(C)C(=O)c1c(C)oc2ncn(C)c(=O)c12. The molecule has 2 amide bonds. The molecule has 3 rings (SSSR count). The Kier molecular flexibility index (Phi) is 5.60. The van der Waals surface area contributed by atoms with E-state index in [1.165, 1.54) is 37.0 Å². The number of aryl methyl sites for hydroxylation is 2. The second-order valence-electron chi connectivity index (χ2n) is 6.43. The standard InChI is InChI=1S/C19H19ClN4O5/c1-10-15(16-17(29-10)21-9-24(3)19(16)27)18(26)23(2)8-14(25)22-12-7-11(20)5-6-13(12)28-4/h5-7,9H,8H2,1-4H3,(H,22,25). The summed E-state index contributed by atoms with van der Waals surface area (Å²) in [5.41, 5.74) is 0.144. The normalized spacial score (nSPS) is 10.8. The molecule has 9 nitrogen and oxygen atoms in total. The molecule has 2 aromatic heterocycles. The second kappa shape index (κ2) is 7.96. The summed E-state index contributed by atoms with van der Waals surface area (Å²) in [4.78, 5) is 43.0. The summed E-state index contributed by atoms with van der Waals surface area (Å²) in [6.07, 6.45) is 1.32. The lowest BCUT2D eigenvalue weighted by Crippen LogP contribution is -2.35. The van der Waals surface area contributed by atoms with E-state index in [1.807, 2.05) is 0 Å². The first-order valence-corrected chi connectivity index (χ1v) is 8.94. The van der Waals surface area contributed by atoms with Gasteiger partial charge in [-0.05, 0) is 25.1 Å². The second-order valence-corrected chi connectivity index (χ2v) is 6.86. The summed E-state index contributed by atoms with van der Waals surface area (Å²) in [7, 11) is 4.45. The lowest BCUT2D eigenvalue weighted by Gasteiger charge is -2.17. The Bertz CT molecular complexity index is 1170.